The number of hydroxylamine groups is 2. The van der Waals surface area contributed by atoms with Crippen LogP contribution in [0.15, 0.2) is 24.3 Å². The van der Waals surface area contributed by atoms with Crippen molar-refractivity contribution in [3.8, 4) is 0 Å². The minimum Gasteiger partial charge on any atom is -0.328 e. The maximum Gasteiger partial charge on any atom is 0.249 e. The van der Waals surface area contributed by atoms with Gasteiger partial charge in [0.2, 0.25) is 5.91 Å². The molecule has 2 aliphatic rings. The third kappa shape index (κ3) is 3.74. The van der Waals surface area contributed by atoms with Crippen LogP contribution >= 0.6 is 24.0 Å². The molecule has 1 aromatic rings. The molecule has 0 unspecified atom stereocenters. The molecule has 1 saturated carbocycles. The molecule has 4 nitrogen and oxygen atoms in total. The molecule has 1 heterocycles. The summed E-state index contributed by atoms with van der Waals surface area (Å²) in [6.07, 6.45) is 4.42. The first-order valence-corrected chi connectivity index (χ1v) is 8.00. The second kappa shape index (κ2) is 7.64. The first-order chi connectivity index (χ1) is 10.1. The Bertz CT molecular complexity index is 501. The molecule has 1 amide bonds. The van der Waals surface area contributed by atoms with E-state index in [4.69, 9.17) is 22.2 Å². The van der Waals surface area contributed by atoms with Crippen molar-refractivity contribution in [1.29, 1.82) is 0 Å². The quantitative estimate of drug-likeness (QED) is 0.893. The fraction of sp³-hybridized carbons (Fsp3) is 0.562. The summed E-state index contributed by atoms with van der Waals surface area (Å²) in [6.45, 7) is 0.589. The van der Waals surface area contributed by atoms with Gasteiger partial charge in [0, 0.05) is 23.4 Å². The molecule has 122 valence electrons. The molecule has 2 fully saturated rings. The van der Waals surface area contributed by atoms with Crippen LogP contribution in [0.3, 0.4) is 0 Å². The molecule has 0 aromatic heterocycles. The van der Waals surface area contributed by atoms with E-state index in [0.29, 0.717) is 11.6 Å². The molecule has 1 aromatic carbocycles. The SMILES string of the molecule is Cl.NC1CCC(C(=O)N2OCC[C@H]2c2ccc(Cl)cc2)CC1. The molecule has 6 heteroatoms. The molecule has 2 N–H and O–H groups in total. The summed E-state index contributed by atoms with van der Waals surface area (Å²) < 4.78 is 0. The topological polar surface area (TPSA) is 55.6 Å². The summed E-state index contributed by atoms with van der Waals surface area (Å²) >= 11 is 5.93. The molecular weight excluding hydrogens is 323 g/mol. The highest BCUT2D eigenvalue weighted by Gasteiger charge is 2.36. The van der Waals surface area contributed by atoms with E-state index in [-0.39, 0.29) is 36.3 Å². The number of carbonyl (C=O) groups is 1. The van der Waals surface area contributed by atoms with Crippen molar-refractivity contribution in [2.45, 2.75) is 44.2 Å². The molecule has 22 heavy (non-hydrogen) atoms. The smallest absolute Gasteiger partial charge is 0.249 e. The third-order valence-electron chi connectivity index (χ3n) is 4.50. The van der Waals surface area contributed by atoms with E-state index in [2.05, 4.69) is 0 Å². The van der Waals surface area contributed by atoms with Gasteiger partial charge < -0.3 is 5.73 Å². The Balaban J connectivity index is 0.00000176. The van der Waals surface area contributed by atoms with Crippen LogP contribution in [0.4, 0.5) is 0 Å². The second-order valence-corrected chi connectivity index (χ2v) is 6.40. The molecular formula is C16H22Cl2N2O2. The Morgan fingerprint density at radius 2 is 1.77 bits per heavy atom. The van der Waals surface area contributed by atoms with Gasteiger partial charge in [0.15, 0.2) is 0 Å². The number of rotatable bonds is 2. The third-order valence-corrected chi connectivity index (χ3v) is 4.75. The summed E-state index contributed by atoms with van der Waals surface area (Å²) in [5, 5.41) is 2.29. The highest BCUT2D eigenvalue weighted by Crippen LogP contribution is 2.34. The molecule has 1 atom stereocenters. The minimum atomic E-state index is 0. The molecule has 1 saturated heterocycles. The molecule has 1 aliphatic heterocycles. The van der Waals surface area contributed by atoms with Gasteiger partial charge in [-0.15, -0.1) is 12.4 Å². The van der Waals surface area contributed by atoms with Crippen molar-refractivity contribution in [2.75, 3.05) is 6.61 Å². The predicted octanol–water partition coefficient (Wildman–Crippen LogP) is 3.48. The molecule has 0 spiro atoms. The van der Waals surface area contributed by atoms with Crippen LogP contribution in [0.1, 0.15) is 43.7 Å². The summed E-state index contributed by atoms with van der Waals surface area (Å²) in [7, 11) is 0. The first-order valence-electron chi connectivity index (χ1n) is 7.62. The highest BCUT2D eigenvalue weighted by atomic mass is 35.5. The number of nitrogens with two attached hydrogens (primary N) is 1. The largest absolute Gasteiger partial charge is 0.328 e. The van der Waals surface area contributed by atoms with E-state index >= 15 is 0 Å². The number of hydrogen-bond acceptors (Lipinski definition) is 3. The summed E-state index contributed by atoms with van der Waals surface area (Å²) in [6, 6.07) is 7.91. The van der Waals surface area contributed by atoms with Crippen molar-refractivity contribution in [3.63, 3.8) is 0 Å². The summed E-state index contributed by atoms with van der Waals surface area (Å²) in [5.41, 5.74) is 7.00. The first kappa shape index (κ1) is 17.5. The van der Waals surface area contributed by atoms with Crippen LogP contribution in [0.2, 0.25) is 5.02 Å². The van der Waals surface area contributed by atoms with Crippen molar-refractivity contribution >= 4 is 29.9 Å². The van der Waals surface area contributed by atoms with Gasteiger partial charge >= 0.3 is 0 Å². The predicted molar refractivity (Wildman–Crippen MR) is 88.8 cm³/mol. The van der Waals surface area contributed by atoms with E-state index in [1.807, 2.05) is 24.3 Å². The normalized spacial score (nSPS) is 28.3. The Labute approximate surface area is 142 Å². The van der Waals surface area contributed by atoms with E-state index in [0.717, 1.165) is 37.7 Å². The van der Waals surface area contributed by atoms with Crippen LogP contribution < -0.4 is 5.73 Å². The Morgan fingerprint density at radius 3 is 2.41 bits per heavy atom. The maximum atomic E-state index is 12.7. The van der Waals surface area contributed by atoms with Crippen molar-refractivity contribution in [2.24, 2.45) is 11.7 Å². The molecule has 1 aliphatic carbocycles. The van der Waals surface area contributed by atoms with E-state index in [1.54, 1.807) is 5.06 Å². The van der Waals surface area contributed by atoms with E-state index in [1.165, 1.54) is 0 Å². The molecule has 0 bridgehead atoms. The summed E-state index contributed by atoms with van der Waals surface area (Å²) in [4.78, 5) is 18.3. The second-order valence-electron chi connectivity index (χ2n) is 5.96. The van der Waals surface area contributed by atoms with Crippen LogP contribution in [0.25, 0.3) is 0 Å². The fourth-order valence-corrected chi connectivity index (χ4v) is 3.35. The lowest BCUT2D eigenvalue weighted by Crippen LogP contribution is -2.38. The fourth-order valence-electron chi connectivity index (χ4n) is 3.22. The van der Waals surface area contributed by atoms with E-state index in [9.17, 15) is 4.79 Å². The van der Waals surface area contributed by atoms with Crippen molar-refractivity contribution in [1.82, 2.24) is 5.06 Å². The van der Waals surface area contributed by atoms with Gasteiger partial charge in [-0.1, -0.05) is 23.7 Å². The monoisotopic (exact) mass is 344 g/mol. The summed E-state index contributed by atoms with van der Waals surface area (Å²) in [5.74, 6) is 0.164. The van der Waals surface area contributed by atoms with Crippen LogP contribution in [-0.2, 0) is 9.63 Å². The molecule has 3 rings (SSSR count). The Hall–Kier alpha value is -0.810. The van der Waals surface area contributed by atoms with Crippen LogP contribution in [0.5, 0.6) is 0 Å². The van der Waals surface area contributed by atoms with Gasteiger partial charge in [0.25, 0.3) is 0 Å². The zero-order chi connectivity index (χ0) is 14.8. The van der Waals surface area contributed by atoms with Gasteiger partial charge in [-0.3, -0.25) is 9.63 Å². The van der Waals surface area contributed by atoms with Crippen molar-refractivity contribution < 1.29 is 9.63 Å². The average Bonchev–Trinajstić information content (AvgIpc) is 2.97. The van der Waals surface area contributed by atoms with Gasteiger partial charge in [0.05, 0.1) is 12.6 Å². The Kier molecular flexibility index (Phi) is 6.09. The van der Waals surface area contributed by atoms with Crippen molar-refractivity contribution in [3.05, 3.63) is 34.9 Å². The number of benzene rings is 1. The lowest BCUT2D eigenvalue weighted by Gasteiger charge is -2.30. The van der Waals surface area contributed by atoms with Gasteiger partial charge in [0.1, 0.15) is 0 Å². The zero-order valence-electron chi connectivity index (χ0n) is 12.4. The number of carbonyl (C=O) groups excluding carboxylic acids is 1. The van der Waals surface area contributed by atoms with Gasteiger partial charge in [-0.25, -0.2) is 5.06 Å². The van der Waals surface area contributed by atoms with Crippen LogP contribution in [-0.4, -0.2) is 23.6 Å². The lowest BCUT2D eigenvalue weighted by molar-refractivity contribution is -0.182. The minimum absolute atomic E-state index is 0. The maximum absolute atomic E-state index is 12.7. The number of hydrogen-bond donors (Lipinski definition) is 1. The zero-order valence-corrected chi connectivity index (χ0v) is 14.0. The standard InChI is InChI=1S/C16H21ClN2O2.ClH/c17-13-5-1-11(2-6-13)15-9-10-21-19(15)16(20)12-3-7-14(18)8-4-12;/h1-2,5-6,12,14-15H,3-4,7-10,18H2;1H/t12?,14?,15-;/m0./s1. The number of nitrogens with zero attached hydrogens (tertiary/aromatic N) is 1. The molecule has 0 radical (unpaired) electrons. The average molecular weight is 345 g/mol. The lowest BCUT2D eigenvalue weighted by atomic mass is 9.85. The Morgan fingerprint density at radius 1 is 1.14 bits per heavy atom. The van der Waals surface area contributed by atoms with Crippen LogP contribution in [0, 0.1) is 5.92 Å². The number of amides is 1. The van der Waals surface area contributed by atoms with Gasteiger partial charge in [-0.2, -0.15) is 0 Å². The van der Waals surface area contributed by atoms with E-state index < -0.39 is 0 Å². The van der Waals surface area contributed by atoms with Gasteiger partial charge in [-0.05, 0) is 43.4 Å². The number of halogens is 2. The highest BCUT2D eigenvalue weighted by molar-refractivity contribution is 6.30.